The second-order valence-electron chi connectivity index (χ2n) is 4.50. The third kappa shape index (κ3) is 5.00. The summed E-state index contributed by atoms with van der Waals surface area (Å²) in [4.78, 5) is 11.8. The lowest BCUT2D eigenvalue weighted by molar-refractivity contribution is 0.247. The molecule has 0 saturated heterocycles. The Labute approximate surface area is 129 Å². The molecule has 0 radical (unpaired) electrons. The Kier molecular flexibility index (Phi) is 5.46. The first-order valence-corrected chi connectivity index (χ1v) is 7.02. The zero-order chi connectivity index (χ0) is 15.1. The van der Waals surface area contributed by atoms with Crippen molar-refractivity contribution in [1.29, 1.82) is 0 Å². The summed E-state index contributed by atoms with van der Waals surface area (Å²) in [5, 5.41) is 6.08. The van der Waals surface area contributed by atoms with E-state index in [-0.39, 0.29) is 6.03 Å². The highest BCUT2D eigenvalue weighted by Crippen LogP contribution is 2.19. The van der Waals surface area contributed by atoms with Crippen LogP contribution in [0.1, 0.15) is 5.56 Å². The summed E-state index contributed by atoms with van der Waals surface area (Å²) in [6, 6.07) is 14.5. The van der Waals surface area contributed by atoms with Crippen LogP contribution in [0.4, 0.5) is 10.5 Å². The first kappa shape index (κ1) is 15.2. The molecular formula is C16H17ClN2O2. The van der Waals surface area contributed by atoms with Gasteiger partial charge in [-0.05, 0) is 36.8 Å². The average Bonchev–Trinajstić information content (AvgIpc) is 2.48. The van der Waals surface area contributed by atoms with Crippen molar-refractivity contribution in [2.75, 3.05) is 18.5 Å². The van der Waals surface area contributed by atoms with Gasteiger partial charge >= 0.3 is 6.03 Å². The number of ether oxygens (including phenoxy) is 1. The highest BCUT2D eigenvalue weighted by Gasteiger charge is 2.04. The minimum atomic E-state index is -0.281. The summed E-state index contributed by atoms with van der Waals surface area (Å²) in [7, 11) is 0. The van der Waals surface area contributed by atoms with Gasteiger partial charge in [0.25, 0.3) is 0 Å². The van der Waals surface area contributed by atoms with Crippen molar-refractivity contribution in [2.45, 2.75) is 6.92 Å². The quantitative estimate of drug-likeness (QED) is 0.824. The Bertz CT molecular complexity index is 602. The van der Waals surface area contributed by atoms with Gasteiger partial charge in [-0.1, -0.05) is 35.9 Å². The second-order valence-corrected chi connectivity index (χ2v) is 4.94. The van der Waals surface area contributed by atoms with E-state index in [1.54, 1.807) is 12.1 Å². The standard InChI is InChI=1S/C16H17ClN2O2/c1-12-7-8-13(17)11-15(12)19-16(20)18-9-10-21-14-5-3-2-4-6-14/h2-8,11H,9-10H2,1H3,(H2,18,19,20). The van der Waals surface area contributed by atoms with Gasteiger partial charge in [-0.15, -0.1) is 0 Å². The lowest BCUT2D eigenvalue weighted by Gasteiger charge is -2.11. The summed E-state index contributed by atoms with van der Waals surface area (Å²) < 4.78 is 5.49. The van der Waals surface area contributed by atoms with Gasteiger partial charge in [-0.2, -0.15) is 0 Å². The van der Waals surface area contributed by atoms with E-state index in [0.717, 1.165) is 11.3 Å². The van der Waals surface area contributed by atoms with Crippen molar-refractivity contribution >= 4 is 23.3 Å². The Morgan fingerprint density at radius 3 is 2.71 bits per heavy atom. The van der Waals surface area contributed by atoms with Gasteiger partial charge < -0.3 is 15.4 Å². The topological polar surface area (TPSA) is 50.4 Å². The molecule has 2 aromatic rings. The maximum absolute atomic E-state index is 11.8. The van der Waals surface area contributed by atoms with Gasteiger partial charge in [-0.25, -0.2) is 4.79 Å². The number of hydrogen-bond acceptors (Lipinski definition) is 2. The smallest absolute Gasteiger partial charge is 0.319 e. The summed E-state index contributed by atoms with van der Waals surface area (Å²) in [5.74, 6) is 0.783. The Hall–Kier alpha value is -2.20. The number of carbonyl (C=O) groups is 1. The maximum Gasteiger partial charge on any atom is 0.319 e. The molecule has 21 heavy (non-hydrogen) atoms. The molecule has 5 heteroatoms. The highest BCUT2D eigenvalue weighted by molar-refractivity contribution is 6.31. The number of nitrogens with one attached hydrogen (secondary N) is 2. The van der Waals surface area contributed by atoms with Gasteiger partial charge in [0.05, 0.1) is 6.54 Å². The summed E-state index contributed by atoms with van der Waals surface area (Å²) in [6.07, 6.45) is 0. The maximum atomic E-state index is 11.8. The Morgan fingerprint density at radius 1 is 1.19 bits per heavy atom. The van der Waals surface area contributed by atoms with Gasteiger partial charge in [0.15, 0.2) is 0 Å². The lowest BCUT2D eigenvalue weighted by Crippen LogP contribution is -2.32. The second kappa shape index (κ2) is 7.55. The molecule has 0 saturated carbocycles. The number of urea groups is 1. The van der Waals surface area contributed by atoms with Crippen LogP contribution in [0.3, 0.4) is 0 Å². The molecule has 2 aromatic carbocycles. The molecule has 0 bridgehead atoms. The molecule has 0 heterocycles. The molecule has 0 atom stereocenters. The first-order chi connectivity index (χ1) is 10.1. The zero-order valence-corrected chi connectivity index (χ0v) is 12.5. The fraction of sp³-hybridized carbons (Fsp3) is 0.188. The van der Waals surface area contributed by atoms with Gasteiger partial charge in [-0.3, -0.25) is 0 Å². The predicted molar refractivity (Wildman–Crippen MR) is 85.1 cm³/mol. The van der Waals surface area contributed by atoms with Crippen molar-refractivity contribution in [3.8, 4) is 5.75 Å². The molecule has 0 aliphatic heterocycles. The molecule has 0 aliphatic carbocycles. The number of para-hydroxylation sites is 1. The van der Waals surface area contributed by atoms with Gasteiger partial charge in [0.2, 0.25) is 0 Å². The number of benzene rings is 2. The van der Waals surface area contributed by atoms with Crippen molar-refractivity contribution in [2.24, 2.45) is 0 Å². The van der Waals surface area contributed by atoms with Crippen molar-refractivity contribution in [3.05, 3.63) is 59.1 Å². The van der Waals surface area contributed by atoms with E-state index in [9.17, 15) is 4.79 Å². The molecule has 0 fully saturated rings. The van der Waals surface area contributed by atoms with Crippen LogP contribution < -0.4 is 15.4 Å². The van der Waals surface area contributed by atoms with Crippen molar-refractivity contribution in [3.63, 3.8) is 0 Å². The molecule has 0 spiro atoms. The van der Waals surface area contributed by atoms with E-state index in [0.29, 0.717) is 23.9 Å². The highest BCUT2D eigenvalue weighted by atomic mass is 35.5. The summed E-state index contributed by atoms with van der Waals surface area (Å²) >= 11 is 5.90. The Morgan fingerprint density at radius 2 is 1.95 bits per heavy atom. The number of rotatable bonds is 5. The number of aryl methyl sites for hydroxylation is 1. The third-order valence-corrected chi connectivity index (χ3v) is 3.08. The van der Waals surface area contributed by atoms with E-state index in [1.165, 1.54) is 0 Å². The predicted octanol–water partition coefficient (Wildman–Crippen LogP) is 3.85. The van der Waals surface area contributed by atoms with Crippen LogP contribution in [-0.2, 0) is 0 Å². The molecule has 4 nitrogen and oxygen atoms in total. The van der Waals surface area contributed by atoms with E-state index in [4.69, 9.17) is 16.3 Å². The van der Waals surface area contributed by atoms with Crippen LogP contribution in [0.5, 0.6) is 5.75 Å². The number of hydrogen-bond donors (Lipinski definition) is 2. The number of anilines is 1. The normalized spacial score (nSPS) is 10.0. The molecule has 110 valence electrons. The van der Waals surface area contributed by atoms with Crippen LogP contribution >= 0.6 is 11.6 Å². The van der Waals surface area contributed by atoms with E-state index < -0.39 is 0 Å². The van der Waals surface area contributed by atoms with E-state index >= 15 is 0 Å². The van der Waals surface area contributed by atoms with E-state index in [1.807, 2.05) is 43.3 Å². The van der Waals surface area contributed by atoms with Crippen LogP contribution in [0, 0.1) is 6.92 Å². The molecule has 2 amide bonds. The average molecular weight is 305 g/mol. The van der Waals surface area contributed by atoms with Crippen LogP contribution in [0.25, 0.3) is 0 Å². The molecule has 0 aromatic heterocycles. The van der Waals surface area contributed by atoms with Crippen molar-refractivity contribution in [1.82, 2.24) is 5.32 Å². The van der Waals surface area contributed by atoms with E-state index in [2.05, 4.69) is 10.6 Å². The van der Waals surface area contributed by atoms with Gasteiger partial charge in [0, 0.05) is 10.7 Å². The fourth-order valence-corrected chi connectivity index (χ4v) is 1.92. The van der Waals surface area contributed by atoms with Crippen LogP contribution in [0.2, 0.25) is 5.02 Å². The van der Waals surface area contributed by atoms with Gasteiger partial charge in [0.1, 0.15) is 12.4 Å². The zero-order valence-electron chi connectivity index (χ0n) is 11.7. The molecule has 2 rings (SSSR count). The number of carbonyl (C=O) groups excluding carboxylic acids is 1. The molecule has 2 N–H and O–H groups in total. The minimum Gasteiger partial charge on any atom is -0.492 e. The minimum absolute atomic E-state index is 0.281. The number of amides is 2. The summed E-state index contributed by atoms with van der Waals surface area (Å²) in [6.45, 7) is 2.73. The van der Waals surface area contributed by atoms with Crippen LogP contribution in [0.15, 0.2) is 48.5 Å². The Balaban J connectivity index is 1.74. The molecule has 0 unspecified atom stereocenters. The third-order valence-electron chi connectivity index (χ3n) is 2.85. The fourth-order valence-electron chi connectivity index (χ4n) is 1.75. The number of halogens is 1. The van der Waals surface area contributed by atoms with Crippen molar-refractivity contribution < 1.29 is 9.53 Å². The largest absolute Gasteiger partial charge is 0.492 e. The molecular weight excluding hydrogens is 288 g/mol. The van der Waals surface area contributed by atoms with Crippen LogP contribution in [-0.4, -0.2) is 19.2 Å². The lowest BCUT2D eigenvalue weighted by atomic mass is 10.2. The molecule has 0 aliphatic rings. The summed E-state index contributed by atoms with van der Waals surface area (Å²) in [5.41, 5.74) is 1.65. The monoisotopic (exact) mass is 304 g/mol. The SMILES string of the molecule is Cc1ccc(Cl)cc1NC(=O)NCCOc1ccccc1. The first-order valence-electron chi connectivity index (χ1n) is 6.64.